The molecule has 0 amide bonds. The number of carboxylic acid groups (broad SMARTS) is 1. The monoisotopic (exact) mass is 383 g/mol. The van der Waals surface area contributed by atoms with Gasteiger partial charge in [0.1, 0.15) is 5.82 Å². The number of hydrogen-bond acceptors (Lipinski definition) is 6. The third kappa shape index (κ3) is 4.25. The van der Waals surface area contributed by atoms with Crippen molar-refractivity contribution < 1.29 is 14.6 Å². The van der Waals surface area contributed by atoms with Gasteiger partial charge in [-0.25, -0.2) is 0 Å². The van der Waals surface area contributed by atoms with Crippen LogP contribution in [-0.4, -0.2) is 28.2 Å². The molecule has 0 atom stereocenters. The fraction of sp³-hybridized carbons (Fsp3) is 0.250. The Morgan fingerprint density at radius 1 is 1.26 bits per heavy atom. The summed E-state index contributed by atoms with van der Waals surface area (Å²) in [5.41, 5.74) is 2.36. The van der Waals surface area contributed by atoms with E-state index in [0.29, 0.717) is 23.6 Å². The summed E-state index contributed by atoms with van der Waals surface area (Å²) in [6.45, 7) is 4.01. The summed E-state index contributed by atoms with van der Waals surface area (Å²) in [6.07, 6.45) is 0. The van der Waals surface area contributed by atoms with Gasteiger partial charge in [-0.2, -0.15) is 21.3 Å². The average molecular weight is 383 g/mol. The molecule has 2 N–H and O–H groups in total. The fourth-order valence-electron chi connectivity index (χ4n) is 2.53. The van der Waals surface area contributed by atoms with E-state index in [1.54, 1.807) is 25.2 Å². The minimum atomic E-state index is -0.993. The van der Waals surface area contributed by atoms with Crippen molar-refractivity contribution in [3.63, 3.8) is 0 Å². The van der Waals surface area contributed by atoms with Crippen molar-refractivity contribution in [2.24, 2.45) is 0 Å². The maximum Gasteiger partial charge on any atom is 0.318 e. The van der Waals surface area contributed by atoms with Gasteiger partial charge in [-0.3, -0.25) is 4.79 Å². The molecule has 27 heavy (non-hydrogen) atoms. The van der Waals surface area contributed by atoms with Gasteiger partial charge in [0.2, 0.25) is 0 Å². The van der Waals surface area contributed by atoms with E-state index < -0.39 is 11.4 Å². The predicted molar refractivity (Wildman–Crippen MR) is 106 cm³/mol. The number of aliphatic carboxylic acids is 1. The van der Waals surface area contributed by atoms with Crippen LogP contribution in [0.1, 0.15) is 25.0 Å². The zero-order valence-electron chi connectivity index (χ0n) is 15.4. The molecule has 0 bridgehead atoms. The summed E-state index contributed by atoms with van der Waals surface area (Å²) in [7, 11) is 1.52. The minimum absolute atomic E-state index is 0.253. The molecule has 0 saturated heterocycles. The van der Waals surface area contributed by atoms with E-state index in [1.807, 2.05) is 35.7 Å². The van der Waals surface area contributed by atoms with Gasteiger partial charge in [0.05, 0.1) is 18.2 Å². The number of nitrogens with zero attached hydrogens (tertiary/aromatic N) is 2. The number of anilines is 1. The number of benzene rings is 1. The van der Waals surface area contributed by atoms with Crippen molar-refractivity contribution in [3.05, 3.63) is 58.3 Å². The van der Waals surface area contributed by atoms with Gasteiger partial charge >= 0.3 is 12.0 Å². The van der Waals surface area contributed by atoms with Crippen molar-refractivity contribution >= 4 is 23.1 Å². The molecule has 6 nitrogen and oxygen atoms in total. The lowest BCUT2D eigenvalue weighted by Gasteiger charge is -2.20. The van der Waals surface area contributed by atoms with Crippen LogP contribution in [0.4, 0.5) is 5.82 Å². The van der Waals surface area contributed by atoms with E-state index >= 15 is 0 Å². The highest BCUT2D eigenvalue weighted by Gasteiger charge is 2.29. The summed E-state index contributed by atoms with van der Waals surface area (Å²) < 4.78 is 5.24. The van der Waals surface area contributed by atoms with Crippen LogP contribution >= 0.6 is 11.3 Å². The molecule has 2 heterocycles. The zero-order valence-corrected chi connectivity index (χ0v) is 16.2. The maximum atomic E-state index is 11.6. The number of ether oxygens (including phenoxy) is 1. The van der Waals surface area contributed by atoms with Crippen LogP contribution in [0, 0.1) is 0 Å². The van der Waals surface area contributed by atoms with Crippen molar-refractivity contribution in [3.8, 4) is 17.3 Å². The van der Waals surface area contributed by atoms with Crippen LogP contribution in [0.25, 0.3) is 11.3 Å². The third-order valence-electron chi connectivity index (χ3n) is 4.36. The first-order valence-electron chi connectivity index (χ1n) is 8.42. The van der Waals surface area contributed by atoms with Gasteiger partial charge in [0.25, 0.3) is 0 Å². The van der Waals surface area contributed by atoms with Crippen molar-refractivity contribution in [2.45, 2.75) is 25.8 Å². The van der Waals surface area contributed by atoms with Gasteiger partial charge in [0.15, 0.2) is 0 Å². The zero-order chi connectivity index (χ0) is 19.4. The molecule has 0 fully saturated rings. The normalized spacial score (nSPS) is 11.2. The predicted octanol–water partition coefficient (Wildman–Crippen LogP) is 4.19. The summed E-state index contributed by atoms with van der Waals surface area (Å²) in [6, 6.07) is 11.5. The second-order valence-electron chi connectivity index (χ2n) is 6.62. The molecule has 0 spiro atoms. The third-order valence-corrected chi connectivity index (χ3v) is 5.09. The largest absolute Gasteiger partial charge is 0.481 e. The Labute approximate surface area is 161 Å². The molecule has 0 unspecified atom stereocenters. The number of aromatic nitrogens is 2. The number of methoxy groups -OCH3 is 1. The number of thiophene rings is 1. The number of carboxylic acids is 1. The molecule has 0 aliphatic rings. The lowest BCUT2D eigenvalue weighted by molar-refractivity contribution is -0.142. The van der Waals surface area contributed by atoms with E-state index in [0.717, 1.165) is 5.56 Å². The standard InChI is InChI=1S/C20H21N3O3S/c1-20(2,18(24)25)15-6-4-5-14(9-15)16-10-17(23-19(22-16)26-3)21-11-13-7-8-27-12-13/h4-10,12H,11H2,1-3H3,(H,24,25)(H,21,22,23). The van der Waals surface area contributed by atoms with E-state index in [9.17, 15) is 9.90 Å². The number of nitrogens with one attached hydrogen (secondary N) is 1. The highest BCUT2D eigenvalue weighted by atomic mass is 32.1. The Morgan fingerprint density at radius 3 is 2.74 bits per heavy atom. The summed E-state index contributed by atoms with van der Waals surface area (Å²) in [5.74, 6) is -0.232. The number of carbonyl (C=O) groups is 1. The van der Waals surface area contributed by atoms with E-state index in [1.165, 1.54) is 12.7 Å². The first kappa shape index (κ1) is 18.8. The Kier molecular flexibility index (Phi) is 5.41. The van der Waals surface area contributed by atoms with Gasteiger partial charge < -0.3 is 15.2 Å². The molecule has 7 heteroatoms. The summed E-state index contributed by atoms with van der Waals surface area (Å²) >= 11 is 1.64. The Bertz CT molecular complexity index is 939. The maximum absolute atomic E-state index is 11.6. The smallest absolute Gasteiger partial charge is 0.318 e. The number of rotatable bonds is 7. The van der Waals surface area contributed by atoms with Crippen molar-refractivity contribution in [2.75, 3.05) is 12.4 Å². The molecule has 3 aromatic rings. The molecule has 2 aromatic heterocycles. The van der Waals surface area contributed by atoms with Crippen LogP contribution in [0.3, 0.4) is 0 Å². The van der Waals surface area contributed by atoms with Crippen LogP contribution in [0.15, 0.2) is 47.2 Å². The molecule has 0 radical (unpaired) electrons. The second kappa shape index (κ2) is 7.75. The molecule has 0 saturated carbocycles. The first-order valence-corrected chi connectivity index (χ1v) is 9.37. The average Bonchev–Trinajstić information content (AvgIpc) is 3.19. The molecular weight excluding hydrogens is 362 g/mol. The highest BCUT2D eigenvalue weighted by molar-refractivity contribution is 7.07. The molecule has 140 valence electrons. The summed E-state index contributed by atoms with van der Waals surface area (Å²) in [5, 5.41) is 16.9. The van der Waals surface area contributed by atoms with Gasteiger partial charge in [-0.15, -0.1) is 0 Å². The number of hydrogen-bond donors (Lipinski definition) is 2. The highest BCUT2D eigenvalue weighted by Crippen LogP contribution is 2.29. The molecule has 0 aliphatic heterocycles. The van der Waals surface area contributed by atoms with Gasteiger partial charge in [-0.05, 0) is 47.9 Å². The molecule has 3 rings (SSSR count). The van der Waals surface area contributed by atoms with Crippen LogP contribution in [0.2, 0.25) is 0 Å². The lowest BCUT2D eigenvalue weighted by Crippen LogP contribution is -2.28. The molecular formula is C20H21N3O3S. The Hall–Kier alpha value is -2.93. The van der Waals surface area contributed by atoms with E-state index in [4.69, 9.17) is 4.74 Å². The molecule has 1 aromatic carbocycles. The summed E-state index contributed by atoms with van der Waals surface area (Å²) in [4.78, 5) is 20.3. The quantitative estimate of drug-likeness (QED) is 0.636. The SMILES string of the molecule is COc1nc(NCc2ccsc2)cc(-c2cccc(C(C)(C)C(=O)O)c2)n1. The van der Waals surface area contributed by atoms with Crippen molar-refractivity contribution in [1.29, 1.82) is 0 Å². The van der Waals surface area contributed by atoms with Crippen LogP contribution < -0.4 is 10.1 Å². The second-order valence-corrected chi connectivity index (χ2v) is 7.40. The fourth-order valence-corrected chi connectivity index (χ4v) is 3.20. The topological polar surface area (TPSA) is 84.3 Å². The van der Waals surface area contributed by atoms with Crippen LogP contribution in [-0.2, 0) is 16.8 Å². The Morgan fingerprint density at radius 2 is 2.07 bits per heavy atom. The van der Waals surface area contributed by atoms with E-state index in [2.05, 4.69) is 26.7 Å². The van der Waals surface area contributed by atoms with Crippen LogP contribution in [0.5, 0.6) is 6.01 Å². The first-order chi connectivity index (χ1) is 12.9. The van der Waals surface area contributed by atoms with Gasteiger partial charge in [-0.1, -0.05) is 18.2 Å². The van der Waals surface area contributed by atoms with Crippen molar-refractivity contribution in [1.82, 2.24) is 9.97 Å². The molecule has 0 aliphatic carbocycles. The van der Waals surface area contributed by atoms with Gasteiger partial charge in [0, 0.05) is 18.2 Å². The minimum Gasteiger partial charge on any atom is -0.481 e. The van der Waals surface area contributed by atoms with E-state index in [-0.39, 0.29) is 6.01 Å². The Balaban J connectivity index is 1.94. The lowest BCUT2D eigenvalue weighted by atomic mass is 9.84.